The minimum Gasteiger partial charge on any atom is -0.287 e. The molecule has 0 spiro atoms. The van der Waals surface area contributed by atoms with Crippen molar-refractivity contribution in [1.82, 2.24) is 0 Å². The van der Waals surface area contributed by atoms with Crippen LogP contribution in [0.1, 0.15) is 53.4 Å². The predicted molar refractivity (Wildman–Crippen MR) is 90.4 cm³/mol. The number of hydrogen-bond acceptors (Lipinski definition) is 7. The summed E-state index contributed by atoms with van der Waals surface area (Å²) >= 11 is 0. The van der Waals surface area contributed by atoms with Crippen molar-refractivity contribution in [2.75, 3.05) is 26.4 Å². The maximum atomic E-state index is 12.7. The molecule has 0 aliphatic rings. The second-order valence-electron chi connectivity index (χ2n) is 5.02. The third-order valence-corrected chi connectivity index (χ3v) is 5.93. The van der Waals surface area contributed by atoms with Gasteiger partial charge in [0.15, 0.2) is 0 Å². The van der Waals surface area contributed by atoms with E-state index in [1.165, 1.54) is 0 Å². The molecule has 0 amide bonds. The molecule has 0 heterocycles. The van der Waals surface area contributed by atoms with Gasteiger partial charge in [-0.3, -0.25) is 18.1 Å². The van der Waals surface area contributed by atoms with Gasteiger partial charge in [-0.15, -0.1) is 6.58 Å². The van der Waals surface area contributed by atoms with Crippen LogP contribution in [0.3, 0.4) is 0 Å². The Bertz CT molecular complexity index is 413. The van der Waals surface area contributed by atoms with E-state index in [9.17, 15) is 9.13 Å². The summed E-state index contributed by atoms with van der Waals surface area (Å²) in [5.74, 6) is 0. The fourth-order valence-corrected chi connectivity index (χ4v) is 4.65. The Balaban J connectivity index is 4.97. The second kappa shape index (κ2) is 12.4. The molecule has 7 nitrogen and oxygen atoms in total. The lowest BCUT2D eigenvalue weighted by Crippen LogP contribution is -2.06. The maximum absolute atomic E-state index is 12.7. The van der Waals surface area contributed by atoms with Crippen LogP contribution in [0.2, 0.25) is 0 Å². The minimum absolute atomic E-state index is 0.0812. The summed E-state index contributed by atoms with van der Waals surface area (Å²) < 4.78 is 51.0. The number of rotatable bonds is 15. The first kappa shape index (κ1) is 23.0. The molecular weight excluding hydrogens is 342 g/mol. The molecule has 0 aromatic carbocycles. The molecule has 1 unspecified atom stereocenters. The topological polar surface area (TPSA) is 80.3 Å². The summed E-state index contributed by atoms with van der Waals surface area (Å²) in [5, 5.41) is 0. The minimum atomic E-state index is -4.05. The van der Waals surface area contributed by atoms with Crippen molar-refractivity contribution in [1.29, 1.82) is 0 Å². The van der Waals surface area contributed by atoms with E-state index < -0.39 is 15.6 Å². The van der Waals surface area contributed by atoms with E-state index in [-0.39, 0.29) is 26.4 Å². The zero-order valence-electron chi connectivity index (χ0n) is 14.6. The Morgan fingerprint density at radius 1 is 0.783 bits per heavy atom. The first-order chi connectivity index (χ1) is 10.8. The van der Waals surface area contributed by atoms with Crippen LogP contribution in [0.15, 0.2) is 12.2 Å². The molecule has 0 saturated carbocycles. The Kier molecular flexibility index (Phi) is 12.4. The molecule has 0 bridgehead atoms. The van der Waals surface area contributed by atoms with E-state index in [2.05, 4.69) is 6.58 Å². The lowest BCUT2D eigenvalue weighted by molar-refractivity contribution is 0.110. The van der Waals surface area contributed by atoms with Gasteiger partial charge in [-0.1, -0.05) is 26.3 Å². The van der Waals surface area contributed by atoms with Crippen molar-refractivity contribution in [3.63, 3.8) is 0 Å². The molecular formula is C14H30O7P2. The summed E-state index contributed by atoms with van der Waals surface area (Å²) in [6.45, 7) is 11.6. The number of phosphoric ester groups is 2. The molecule has 0 aromatic rings. The van der Waals surface area contributed by atoms with Gasteiger partial charge in [0.2, 0.25) is 0 Å². The average Bonchev–Trinajstić information content (AvgIpc) is 2.49. The van der Waals surface area contributed by atoms with Crippen molar-refractivity contribution in [2.45, 2.75) is 53.4 Å². The molecule has 1 atom stereocenters. The Morgan fingerprint density at radius 2 is 1.13 bits per heavy atom. The van der Waals surface area contributed by atoms with Crippen molar-refractivity contribution in [3.8, 4) is 0 Å². The van der Waals surface area contributed by atoms with E-state index in [4.69, 9.17) is 22.4 Å². The first-order valence-electron chi connectivity index (χ1n) is 7.94. The summed E-state index contributed by atoms with van der Waals surface area (Å²) in [6.07, 6.45) is 2.31. The fraction of sp³-hybridized carbons (Fsp3) is 0.857. The highest BCUT2D eigenvalue weighted by Gasteiger charge is 2.40. The largest absolute Gasteiger partial charge is 0.483 e. The molecule has 138 valence electrons. The predicted octanol–water partition coefficient (Wildman–Crippen LogP) is 5.48. The summed E-state index contributed by atoms with van der Waals surface area (Å²) in [7, 11) is -8.06. The van der Waals surface area contributed by atoms with Crippen LogP contribution in [0.25, 0.3) is 0 Å². The lowest BCUT2D eigenvalue weighted by Gasteiger charge is -2.23. The zero-order valence-corrected chi connectivity index (χ0v) is 16.4. The van der Waals surface area contributed by atoms with E-state index in [1.54, 1.807) is 0 Å². The lowest BCUT2D eigenvalue weighted by atomic mass is 10.3. The van der Waals surface area contributed by atoms with Gasteiger partial charge in [-0.25, -0.2) is 9.13 Å². The molecule has 0 aromatic heterocycles. The number of phosphoric acid groups is 2. The van der Waals surface area contributed by atoms with E-state index in [1.807, 2.05) is 27.7 Å². The fourth-order valence-electron chi connectivity index (χ4n) is 1.23. The van der Waals surface area contributed by atoms with Gasteiger partial charge in [-0.2, -0.15) is 4.31 Å². The third-order valence-electron chi connectivity index (χ3n) is 2.34. The molecule has 23 heavy (non-hydrogen) atoms. The smallest absolute Gasteiger partial charge is 0.287 e. The van der Waals surface area contributed by atoms with E-state index in [0.29, 0.717) is 25.7 Å². The van der Waals surface area contributed by atoms with Crippen molar-refractivity contribution >= 4 is 15.6 Å². The standard InChI is InChI=1S/C14H30O7P2/c1-6-10-17-22(15,18-11-7-2)21-23(16,19-12-8-3)20-13-9-14(4)5/h4,6-13H2,1-3,5H3. The Morgan fingerprint density at radius 3 is 1.43 bits per heavy atom. The highest BCUT2D eigenvalue weighted by molar-refractivity contribution is 7.62. The van der Waals surface area contributed by atoms with Crippen molar-refractivity contribution in [2.24, 2.45) is 0 Å². The van der Waals surface area contributed by atoms with Gasteiger partial charge < -0.3 is 0 Å². The Hall–Kier alpha value is -0.0000000000000000416. The summed E-state index contributed by atoms with van der Waals surface area (Å²) in [5.41, 5.74) is 0.861. The third kappa shape index (κ3) is 11.2. The SMILES string of the molecule is C=C(C)CCOP(=O)(OCCC)OP(=O)(OCCC)OCCC. The monoisotopic (exact) mass is 372 g/mol. The molecule has 9 heteroatoms. The first-order valence-corrected chi connectivity index (χ1v) is 10.9. The summed E-state index contributed by atoms with van der Waals surface area (Å²) in [4.78, 5) is 0. The van der Waals surface area contributed by atoms with E-state index in [0.717, 1.165) is 5.57 Å². The van der Waals surface area contributed by atoms with Crippen LogP contribution >= 0.6 is 15.6 Å². The average molecular weight is 372 g/mol. The molecule has 0 N–H and O–H groups in total. The molecule has 0 aliphatic carbocycles. The van der Waals surface area contributed by atoms with Gasteiger partial charge in [-0.05, 0) is 32.6 Å². The van der Waals surface area contributed by atoms with Gasteiger partial charge in [0.05, 0.1) is 26.4 Å². The number of hydrogen-bond donors (Lipinski definition) is 0. The maximum Gasteiger partial charge on any atom is 0.483 e. The molecule has 0 radical (unpaired) electrons. The molecule has 0 aliphatic heterocycles. The highest BCUT2D eigenvalue weighted by atomic mass is 31.3. The molecule has 0 rings (SSSR count). The van der Waals surface area contributed by atoms with Gasteiger partial charge in [0, 0.05) is 0 Å². The van der Waals surface area contributed by atoms with Crippen molar-refractivity contribution < 1.29 is 31.5 Å². The van der Waals surface area contributed by atoms with Crippen LogP contribution < -0.4 is 0 Å². The van der Waals surface area contributed by atoms with Crippen LogP contribution in [0.5, 0.6) is 0 Å². The van der Waals surface area contributed by atoms with E-state index >= 15 is 0 Å². The molecule has 0 fully saturated rings. The van der Waals surface area contributed by atoms with Gasteiger partial charge in [0.25, 0.3) is 0 Å². The van der Waals surface area contributed by atoms with Gasteiger partial charge in [0.1, 0.15) is 0 Å². The van der Waals surface area contributed by atoms with Crippen molar-refractivity contribution in [3.05, 3.63) is 12.2 Å². The van der Waals surface area contributed by atoms with Gasteiger partial charge >= 0.3 is 15.6 Å². The van der Waals surface area contributed by atoms with Crippen LogP contribution in [-0.4, -0.2) is 26.4 Å². The van der Waals surface area contributed by atoms with Crippen LogP contribution in [0.4, 0.5) is 0 Å². The highest BCUT2D eigenvalue weighted by Crippen LogP contribution is 2.66. The van der Waals surface area contributed by atoms with Crippen LogP contribution in [-0.2, 0) is 31.5 Å². The second-order valence-corrected chi connectivity index (χ2v) is 8.49. The normalized spacial score (nSPS) is 14.6. The zero-order chi connectivity index (χ0) is 17.8. The molecule has 0 saturated heterocycles. The van der Waals surface area contributed by atoms with Crippen LogP contribution in [0, 0.1) is 0 Å². The Labute approximate surface area is 139 Å². The summed E-state index contributed by atoms with van der Waals surface area (Å²) in [6, 6.07) is 0. The quantitative estimate of drug-likeness (QED) is 0.278.